The SMILES string of the molecule is C=Cn1c(C)c(C=C2C(=O)OC3(CCCCC3)OC2=O)c2ccccc21. The Balaban J connectivity index is 1.77. The molecular weight excluding hydrogens is 330 g/mol. The van der Waals surface area contributed by atoms with E-state index in [1.165, 1.54) is 0 Å². The molecule has 4 rings (SSSR count). The van der Waals surface area contributed by atoms with E-state index in [1.54, 1.807) is 12.3 Å². The third kappa shape index (κ3) is 2.55. The molecule has 0 bridgehead atoms. The van der Waals surface area contributed by atoms with Crippen molar-refractivity contribution in [3.63, 3.8) is 0 Å². The summed E-state index contributed by atoms with van der Waals surface area (Å²) >= 11 is 0. The summed E-state index contributed by atoms with van der Waals surface area (Å²) < 4.78 is 13.1. The number of esters is 2. The van der Waals surface area contributed by atoms with Gasteiger partial charge in [-0.05, 0) is 31.9 Å². The van der Waals surface area contributed by atoms with Crippen LogP contribution in [0.4, 0.5) is 0 Å². The number of benzene rings is 1. The van der Waals surface area contributed by atoms with Crippen LogP contribution in [0.15, 0.2) is 36.4 Å². The summed E-state index contributed by atoms with van der Waals surface area (Å²) in [7, 11) is 0. The van der Waals surface area contributed by atoms with Crippen LogP contribution in [-0.4, -0.2) is 22.3 Å². The summed E-state index contributed by atoms with van der Waals surface area (Å²) in [6.07, 6.45) is 7.31. The van der Waals surface area contributed by atoms with Gasteiger partial charge in [0.05, 0.1) is 5.52 Å². The Bertz CT molecular complexity index is 922. The van der Waals surface area contributed by atoms with Gasteiger partial charge in [-0.15, -0.1) is 0 Å². The monoisotopic (exact) mass is 351 g/mol. The van der Waals surface area contributed by atoms with Crippen molar-refractivity contribution in [1.29, 1.82) is 0 Å². The van der Waals surface area contributed by atoms with E-state index in [-0.39, 0.29) is 5.57 Å². The molecule has 0 atom stereocenters. The van der Waals surface area contributed by atoms with Crippen molar-refractivity contribution >= 4 is 35.1 Å². The number of hydrogen-bond acceptors (Lipinski definition) is 4. The topological polar surface area (TPSA) is 57.5 Å². The average Bonchev–Trinajstić information content (AvgIpc) is 2.90. The Hall–Kier alpha value is -2.82. The third-order valence-electron chi connectivity index (χ3n) is 5.29. The average molecular weight is 351 g/mol. The van der Waals surface area contributed by atoms with Crippen molar-refractivity contribution in [2.45, 2.75) is 44.8 Å². The van der Waals surface area contributed by atoms with Crippen LogP contribution in [0.5, 0.6) is 0 Å². The smallest absolute Gasteiger partial charge is 0.348 e. The second-order valence-electron chi connectivity index (χ2n) is 6.88. The number of hydrogen-bond donors (Lipinski definition) is 0. The van der Waals surface area contributed by atoms with E-state index in [0.717, 1.165) is 41.4 Å². The number of para-hydroxylation sites is 1. The quantitative estimate of drug-likeness (QED) is 0.462. The molecule has 1 saturated carbocycles. The van der Waals surface area contributed by atoms with Crippen LogP contribution in [0, 0.1) is 6.92 Å². The minimum atomic E-state index is -1.06. The van der Waals surface area contributed by atoms with Gasteiger partial charge in [0.2, 0.25) is 0 Å². The summed E-state index contributed by atoms with van der Waals surface area (Å²) in [5.41, 5.74) is 2.60. The Labute approximate surface area is 151 Å². The maximum absolute atomic E-state index is 12.6. The molecule has 1 saturated heterocycles. The van der Waals surface area contributed by atoms with E-state index in [0.29, 0.717) is 12.8 Å². The molecule has 2 aliphatic rings. The van der Waals surface area contributed by atoms with E-state index < -0.39 is 17.7 Å². The lowest BCUT2D eigenvalue weighted by Gasteiger charge is -2.38. The molecular formula is C21H21NO4. The number of nitrogens with zero attached hydrogens (tertiary/aromatic N) is 1. The first-order valence-corrected chi connectivity index (χ1v) is 8.95. The van der Waals surface area contributed by atoms with Gasteiger partial charge in [-0.25, -0.2) is 9.59 Å². The van der Waals surface area contributed by atoms with Gasteiger partial charge in [0.15, 0.2) is 0 Å². The molecule has 26 heavy (non-hydrogen) atoms. The van der Waals surface area contributed by atoms with Gasteiger partial charge < -0.3 is 14.0 Å². The number of carbonyl (C=O) groups is 2. The molecule has 2 aromatic rings. The molecule has 2 fully saturated rings. The van der Waals surface area contributed by atoms with E-state index in [2.05, 4.69) is 6.58 Å². The van der Waals surface area contributed by atoms with Crippen molar-refractivity contribution in [3.05, 3.63) is 47.7 Å². The zero-order chi connectivity index (χ0) is 18.3. The van der Waals surface area contributed by atoms with Gasteiger partial charge >= 0.3 is 11.9 Å². The molecule has 0 N–H and O–H groups in total. The molecule has 5 nitrogen and oxygen atoms in total. The lowest BCUT2D eigenvalue weighted by Crippen LogP contribution is -2.47. The van der Waals surface area contributed by atoms with Gasteiger partial charge in [-0.1, -0.05) is 31.2 Å². The van der Waals surface area contributed by atoms with Crippen molar-refractivity contribution in [3.8, 4) is 0 Å². The highest BCUT2D eigenvalue weighted by atomic mass is 16.7. The first kappa shape index (κ1) is 16.6. The van der Waals surface area contributed by atoms with Crippen LogP contribution in [0.1, 0.15) is 43.4 Å². The first-order valence-electron chi connectivity index (χ1n) is 8.95. The van der Waals surface area contributed by atoms with Crippen LogP contribution >= 0.6 is 0 Å². The van der Waals surface area contributed by atoms with Crippen LogP contribution in [0.25, 0.3) is 23.2 Å². The highest BCUT2D eigenvalue weighted by Crippen LogP contribution is 2.38. The molecule has 1 aliphatic heterocycles. The maximum atomic E-state index is 12.6. The predicted octanol–water partition coefficient (Wildman–Crippen LogP) is 4.19. The zero-order valence-corrected chi connectivity index (χ0v) is 14.8. The zero-order valence-electron chi connectivity index (χ0n) is 14.8. The van der Waals surface area contributed by atoms with Crippen LogP contribution in [-0.2, 0) is 19.1 Å². The Morgan fingerprint density at radius 3 is 2.38 bits per heavy atom. The second-order valence-corrected chi connectivity index (χ2v) is 6.88. The summed E-state index contributed by atoms with van der Waals surface area (Å²) in [6.45, 7) is 5.77. The molecule has 2 heterocycles. The fourth-order valence-corrected chi connectivity index (χ4v) is 3.94. The van der Waals surface area contributed by atoms with Crippen LogP contribution < -0.4 is 0 Å². The first-order chi connectivity index (χ1) is 12.5. The molecule has 1 aromatic heterocycles. The number of aromatic nitrogens is 1. The minimum Gasteiger partial charge on any atom is -0.419 e. The lowest BCUT2D eigenvalue weighted by atomic mass is 9.93. The molecule has 134 valence electrons. The van der Waals surface area contributed by atoms with E-state index in [1.807, 2.05) is 35.8 Å². The summed E-state index contributed by atoms with van der Waals surface area (Å²) in [5.74, 6) is -2.26. The summed E-state index contributed by atoms with van der Waals surface area (Å²) in [5, 5.41) is 0.941. The molecule has 0 radical (unpaired) electrons. The number of fused-ring (bicyclic) bond motifs is 1. The molecule has 1 aliphatic carbocycles. The fourth-order valence-electron chi connectivity index (χ4n) is 3.94. The molecule has 0 unspecified atom stereocenters. The van der Waals surface area contributed by atoms with Crippen LogP contribution in [0.3, 0.4) is 0 Å². The van der Waals surface area contributed by atoms with Gasteiger partial charge in [-0.3, -0.25) is 0 Å². The third-order valence-corrected chi connectivity index (χ3v) is 5.29. The molecule has 1 aromatic carbocycles. The fraction of sp³-hybridized carbons (Fsp3) is 0.333. The van der Waals surface area contributed by atoms with Crippen molar-refractivity contribution in [2.24, 2.45) is 0 Å². The summed E-state index contributed by atoms with van der Waals surface area (Å²) in [6, 6.07) is 7.79. The molecule has 1 spiro atoms. The number of ether oxygens (including phenoxy) is 2. The van der Waals surface area contributed by atoms with E-state index >= 15 is 0 Å². The van der Waals surface area contributed by atoms with Crippen molar-refractivity contribution in [1.82, 2.24) is 4.57 Å². The summed E-state index contributed by atoms with van der Waals surface area (Å²) in [4.78, 5) is 25.2. The standard InChI is InChI=1S/C21H21NO4/c1-3-22-14(2)16(15-9-5-6-10-18(15)22)13-17-19(23)25-21(26-20(17)24)11-7-4-8-12-21/h3,5-6,9-10,13H,1,4,7-8,11-12H2,2H3. The largest absolute Gasteiger partial charge is 0.419 e. The van der Waals surface area contributed by atoms with Crippen molar-refractivity contribution < 1.29 is 19.1 Å². The highest BCUT2D eigenvalue weighted by molar-refractivity contribution is 6.19. The number of rotatable bonds is 2. The Kier molecular flexibility index (Phi) is 3.94. The van der Waals surface area contributed by atoms with E-state index in [4.69, 9.17) is 9.47 Å². The van der Waals surface area contributed by atoms with Crippen molar-refractivity contribution in [2.75, 3.05) is 0 Å². The normalized spacial score (nSPS) is 19.3. The highest BCUT2D eigenvalue weighted by Gasteiger charge is 2.46. The lowest BCUT2D eigenvalue weighted by molar-refractivity contribution is -0.244. The van der Waals surface area contributed by atoms with Gasteiger partial charge in [0.25, 0.3) is 5.79 Å². The minimum absolute atomic E-state index is 0.0590. The molecule has 5 heteroatoms. The number of carbonyl (C=O) groups excluding carboxylic acids is 2. The Morgan fingerprint density at radius 2 is 1.73 bits per heavy atom. The molecule has 0 amide bonds. The second kappa shape index (κ2) is 6.16. The predicted molar refractivity (Wildman–Crippen MR) is 99.0 cm³/mol. The maximum Gasteiger partial charge on any atom is 0.348 e. The van der Waals surface area contributed by atoms with E-state index in [9.17, 15) is 9.59 Å². The van der Waals surface area contributed by atoms with Gasteiger partial charge in [0.1, 0.15) is 5.57 Å². The van der Waals surface area contributed by atoms with Gasteiger partial charge in [-0.2, -0.15) is 0 Å². The van der Waals surface area contributed by atoms with Crippen LogP contribution in [0.2, 0.25) is 0 Å². The Morgan fingerprint density at radius 1 is 1.08 bits per heavy atom. The van der Waals surface area contributed by atoms with Gasteiger partial charge in [0, 0.05) is 35.7 Å².